The average Bonchev–Trinajstić information content (AvgIpc) is 2.28. The monoisotopic (exact) mass is 259 g/mol. The summed E-state index contributed by atoms with van der Waals surface area (Å²) in [6.45, 7) is 5.28. The summed E-state index contributed by atoms with van der Waals surface area (Å²) in [7, 11) is 0. The van der Waals surface area contributed by atoms with Gasteiger partial charge in [0.05, 0.1) is 10.0 Å². The largest absolute Gasteiger partial charge is 0.310 e. The maximum atomic E-state index is 5.96. The second-order valence-corrected chi connectivity index (χ2v) is 4.84. The van der Waals surface area contributed by atoms with Crippen molar-refractivity contribution in [2.75, 3.05) is 0 Å². The Balaban J connectivity index is 2.50. The molecule has 0 bridgehead atoms. The summed E-state index contributed by atoms with van der Waals surface area (Å²) >= 11 is 11.8. The van der Waals surface area contributed by atoms with Gasteiger partial charge in [0.2, 0.25) is 0 Å². The van der Waals surface area contributed by atoms with Crippen LogP contribution in [-0.4, -0.2) is 6.04 Å². The van der Waals surface area contributed by atoms with E-state index in [0.717, 1.165) is 13.0 Å². The second-order valence-electron chi connectivity index (χ2n) is 4.02. The van der Waals surface area contributed by atoms with Gasteiger partial charge in [0, 0.05) is 12.6 Å². The van der Waals surface area contributed by atoms with E-state index in [0.29, 0.717) is 16.1 Å². The van der Waals surface area contributed by atoms with Gasteiger partial charge in [-0.15, -0.1) is 0 Å². The summed E-state index contributed by atoms with van der Waals surface area (Å²) in [5, 5.41) is 4.78. The van der Waals surface area contributed by atoms with Crippen LogP contribution in [0.5, 0.6) is 0 Å². The molecule has 0 aliphatic rings. The highest BCUT2D eigenvalue weighted by Crippen LogP contribution is 2.22. The van der Waals surface area contributed by atoms with Crippen LogP contribution in [-0.2, 0) is 6.54 Å². The van der Waals surface area contributed by atoms with E-state index in [9.17, 15) is 0 Å². The van der Waals surface area contributed by atoms with E-state index in [4.69, 9.17) is 23.2 Å². The molecule has 1 N–H and O–H groups in total. The fourth-order valence-electron chi connectivity index (χ4n) is 1.71. The number of hydrogen-bond acceptors (Lipinski definition) is 1. The van der Waals surface area contributed by atoms with E-state index in [2.05, 4.69) is 19.2 Å². The lowest BCUT2D eigenvalue weighted by Gasteiger charge is -2.16. The van der Waals surface area contributed by atoms with Crippen molar-refractivity contribution in [2.45, 2.75) is 45.7 Å². The molecule has 1 unspecified atom stereocenters. The van der Waals surface area contributed by atoms with Gasteiger partial charge >= 0.3 is 0 Å². The van der Waals surface area contributed by atoms with Crippen molar-refractivity contribution in [1.82, 2.24) is 5.32 Å². The molecule has 0 aromatic heterocycles. The SMILES string of the molecule is CCCC(CC)NCc1ccc(Cl)c(Cl)c1. The summed E-state index contributed by atoms with van der Waals surface area (Å²) in [5.41, 5.74) is 1.18. The summed E-state index contributed by atoms with van der Waals surface area (Å²) in [6.07, 6.45) is 3.60. The predicted octanol–water partition coefficient (Wildman–Crippen LogP) is 4.66. The number of hydrogen-bond donors (Lipinski definition) is 1. The highest BCUT2D eigenvalue weighted by atomic mass is 35.5. The maximum Gasteiger partial charge on any atom is 0.0595 e. The smallest absolute Gasteiger partial charge is 0.0595 e. The van der Waals surface area contributed by atoms with Crippen molar-refractivity contribution in [2.24, 2.45) is 0 Å². The molecular weight excluding hydrogens is 241 g/mol. The van der Waals surface area contributed by atoms with E-state index in [-0.39, 0.29) is 0 Å². The summed E-state index contributed by atoms with van der Waals surface area (Å²) in [4.78, 5) is 0. The fraction of sp³-hybridized carbons (Fsp3) is 0.538. The van der Waals surface area contributed by atoms with Crippen LogP contribution in [0.3, 0.4) is 0 Å². The lowest BCUT2D eigenvalue weighted by Crippen LogP contribution is -2.27. The van der Waals surface area contributed by atoms with Gasteiger partial charge in [-0.3, -0.25) is 0 Å². The number of rotatable bonds is 6. The molecule has 0 saturated carbocycles. The molecule has 0 saturated heterocycles. The van der Waals surface area contributed by atoms with Gasteiger partial charge in [0.1, 0.15) is 0 Å². The molecule has 0 fully saturated rings. The van der Waals surface area contributed by atoms with Gasteiger partial charge in [0.15, 0.2) is 0 Å². The van der Waals surface area contributed by atoms with Crippen molar-refractivity contribution in [3.63, 3.8) is 0 Å². The molecule has 1 nitrogen and oxygen atoms in total. The standard InChI is InChI=1S/C13H19Cl2N/c1-3-5-11(4-2)16-9-10-6-7-12(14)13(15)8-10/h6-8,11,16H,3-5,9H2,1-2H3. The van der Waals surface area contributed by atoms with Crippen molar-refractivity contribution >= 4 is 23.2 Å². The van der Waals surface area contributed by atoms with Crippen molar-refractivity contribution in [1.29, 1.82) is 0 Å². The van der Waals surface area contributed by atoms with Crippen LogP contribution < -0.4 is 5.32 Å². The zero-order chi connectivity index (χ0) is 12.0. The Kier molecular flexibility index (Phi) is 6.18. The summed E-state index contributed by atoms with van der Waals surface area (Å²) < 4.78 is 0. The van der Waals surface area contributed by atoms with Crippen LogP contribution in [0, 0.1) is 0 Å². The van der Waals surface area contributed by atoms with Crippen molar-refractivity contribution in [3.05, 3.63) is 33.8 Å². The highest BCUT2D eigenvalue weighted by molar-refractivity contribution is 6.42. The first-order chi connectivity index (χ1) is 7.67. The normalized spacial score (nSPS) is 12.8. The molecule has 16 heavy (non-hydrogen) atoms. The van der Waals surface area contributed by atoms with Crippen LogP contribution in [0.15, 0.2) is 18.2 Å². The first kappa shape index (κ1) is 13.8. The molecule has 3 heteroatoms. The Morgan fingerprint density at radius 3 is 2.50 bits per heavy atom. The molecule has 1 rings (SSSR count). The van der Waals surface area contributed by atoms with Gasteiger partial charge in [0.25, 0.3) is 0 Å². The molecule has 0 aliphatic heterocycles. The van der Waals surface area contributed by atoms with Gasteiger partial charge in [-0.05, 0) is 30.5 Å². The number of benzene rings is 1. The molecular formula is C13H19Cl2N. The second kappa shape index (κ2) is 7.16. The Morgan fingerprint density at radius 1 is 1.19 bits per heavy atom. The van der Waals surface area contributed by atoms with Crippen molar-refractivity contribution in [3.8, 4) is 0 Å². The minimum absolute atomic E-state index is 0.597. The average molecular weight is 260 g/mol. The minimum atomic E-state index is 0.597. The van der Waals surface area contributed by atoms with Crippen molar-refractivity contribution < 1.29 is 0 Å². The lowest BCUT2D eigenvalue weighted by molar-refractivity contribution is 0.462. The number of nitrogens with one attached hydrogen (secondary N) is 1. The molecule has 0 aliphatic carbocycles. The predicted molar refractivity (Wildman–Crippen MR) is 72.3 cm³/mol. The number of halogens is 2. The third-order valence-corrected chi connectivity index (χ3v) is 3.45. The first-order valence-corrected chi connectivity index (χ1v) is 6.60. The Labute approximate surface area is 108 Å². The van der Waals surface area contributed by atoms with Crippen LogP contribution in [0.25, 0.3) is 0 Å². The molecule has 1 aromatic rings. The molecule has 0 amide bonds. The van der Waals surface area contributed by atoms with Gasteiger partial charge in [-0.2, -0.15) is 0 Å². The van der Waals surface area contributed by atoms with E-state index in [1.807, 2.05) is 18.2 Å². The third kappa shape index (κ3) is 4.32. The zero-order valence-corrected chi connectivity index (χ0v) is 11.4. The molecule has 0 spiro atoms. The molecule has 1 aromatic carbocycles. The molecule has 90 valence electrons. The first-order valence-electron chi connectivity index (χ1n) is 5.84. The van der Waals surface area contributed by atoms with E-state index in [1.54, 1.807) is 0 Å². The van der Waals surface area contributed by atoms with Crippen LogP contribution in [0.4, 0.5) is 0 Å². The van der Waals surface area contributed by atoms with Gasteiger partial charge in [-0.1, -0.05) is 49.5 Å². The van der Waals surface area contributed by atoms with Crippen LogP contribution in [0.2, 0.25) is 10.0 Å². The van der Waals surface area contributed by atoms with E-state index < -0.39 is 0 Å². The Bertz CT molecular complexity index is 326. The lowest BCUT2D eigenvalue weighted by atomic mass is 10.1. The fourth-order valence-corrected chi connectivity index (χ4v) is 2.03. The quantitative estimate of drug-likeness (QED) is 0.784. The Hall–Kier alpha value is -0.240. The highest BCUT2D eigenvalue weighted by Gasteiger charge is 2.05. The van der Waals surface area contributed by atoms with Crippen LogP contribution in [0.1, 0.15) is 38.7 Å². The zero-order valence-electron chi connectivity index (χ0n) is 9.89. The van der Waals surface area contributed by atoms with Gasteiger partial charge in [-0.25, -0.2) is 0 Å². The Morgan fingerprint density at radius 2 is 1.94 bits per heavy atom. The van der Waals surface area contributed by atoms with E-state index in [1.165, 1.54) is 18.4 Å². The van der Waals surface area contributed by atoms with Crippen LogP contribution >= 0.6 is 23.2 Å². The summed E-state index contributed by atoms with van der Waals surface area (Å²) in [6, 6.07) is 6.39. The van der Waals surface area contributed by atoms with E-state index >= 15 is 0 Å². The topological polar surface area (TPSA) is 12.0 Å². The maximum absolute atomic E-state index is 5.96. The third-order valence-electron chi connectivity index (χ3n) is 2.71. The molecule has 0 heterocycles. The summed E-state index contributed by atoms with van der Waals surface area (Å²) in [5.74, 6) is 0. The minimum Gasteiger partial charge on any atom is -0.310 e. The molecule has 0 radical (unpaired) electrons. The van der Waals surface area contributed by atoms with Gasteiger partial charge < -0.3 is 5.32 Å². The molecule has 1 atom stereocenters.